The fourth-order valence-corrected chi connectivity index (χ4v) is 4.02. The van der Waals surface area contributed by atoms with Crippen molar-refractivity contribution in [2.45, 2.75) is 19.8 Å². The minimum absolute atomic E-state index is 0.0192. The monoisotopic (exact) mass is 470 g/mol. The maximum absolute atomic E-state index is 9.59. The van der Waals surface area contributed by atoms with Crippen molar-refractivity contribution in [3.8, 4) is 0 Å². The molecule has 0 radical (unpaired) electrons. The zero-order valence-electron chi connectivity index (χ0n) is 19.1. The first kappa shape index (κ1) is 23.3. The first-order valence-electron chi connectivity index (χ1n) is 11.1. The van der Waals surface area contributed by atoms with Crippen LogP contribution in [0.15, 0.2) is 85.6 Å². The van der Waals surface area contributed by atoms with Crippen molar-refractivity contribution in [2.75, 3.05) is 17.2 Å². The largest absolute Gasteiger partial charge is 0.513 e. The topological polar surface area (TPSA) is 70.1 Å². The molecule has 0 bridgehead atoms. The van der Waals surface area contributed by atoms with E-state index in [2.05, 4.69) is 64.1 Å². The Morgan fingerprint density at radius 1 is 0.971 bits per heavy atom. The highest BCUT2D eigenvalue weighted by atomic mass is 35.5. The molecule has 6 heteroatoms. The molecular formula is C28H27ClN4O. The molecule has 4 rings (SSSR count). The second-order valence-corrected chi connectivity index (χ2v) is 8.43. The molecule has 34 heavy (non-hydrogen) atoms. The fourth-order valence-electron chi connectivity index (χ4n) is 3.77. The quantitative estimate of drug-likeness (QED) is 0.181. The predicted octanol–water partition coefficient (Wildman–Crippen LogP) is 7.00. The zero-order chi connectivity index (χ0) is 24.1. The van der Waals surface area contributed by atoms with E-state index in [4.69, 9.17) is 11.6 Å². The van der Waals surface area contributed by atoms with Crippen LogP contribution in [0.25, 0.3) is 16.5 Å². The molecular weight excluding hydrogens is 444 g/mol. The lowest BCUT2D eigenvalue weighted by molar-refractivity contribution is 0.401. The molecule has 0 saturated carbocycles. The van der Waals surface area contributed by atoms with Crippen LogP contribution in [-0.2, 0) is 12.8 Å². The normalized spacial score (nSPS) is 10.8. The van der Waals surface area contributed by atoms with Gasteiger partial charge in [-0.3, -0.25) is 0 Å². The van der Waals surface area contributed by atoms with Crippen LogP contribution in [0, 0.1) is 0 Å². The molecule has 172 valence electrons. The Labute approximate surface area is 204 Å². The predicted molar refractivity (Wildman–Crippen MR) is 143 cm³/mol. The van der Waals surface area contributed by atoms with Gasteiger partial charge in [-0.1, -0.05) is 73.3 Å². The van der Waals surface area contributed by atoms with Crippen LogP contribution in [0.1, 0.15) is 29.4 Å². The molecule has 0 amide bonds. The van der Waals surface area contributed by atoms with E-state index in [1.165, 1.54) is 10.8 Å². The summed E-state index contributed by atoms with van der Waals surface area (Å²) < 4.78 is 0. The summed E-state index contributed by atoms with van der Waals surface area (Å²) in [7, 11) is 0. The van der Waals surface area contributed by atoms with Crippen LogP contribution in [0.4, 0.5) is 11.5 Å². The minimum atomic E-state index is 0.0192. The molecule has 1 heterocycles. The van der Waals surface area contributed by atoms with E-state index in [9.17, 15) is 5.11 Å². The Kier molecular flexibility index (Phi) is 7.14. The van der Waals surface area contributed by atoms with Crippen molar-refractivity contribution in [1.29, 1.82) is 0 Å². The van der Waals surface area contributed by atoms with Gasteiger partial charge in [-0.2, -0.15) is 0 Å². The molecule has 3 N–H and O–H groups in total. The van der Waals surface area contributed by atoms with Crippen LogP contribution in [0.2, 0.25) is 5.15 Å². The van der Waals surface area contributed by atoms with E-state index in [0.29, 0.717) is 35.3 Å². The third-order valence-electron chi connectivity index (χ3n) is 5.44. The number of nitrogens with one attached hydrogen (secondary N) is 2. The number of aromatic nitrogens is 2. The van der Waals surface area contributed by atoms with E-state index < -0.39 is 0 Å². The molecule has 0 spiro atoms. The molecule has 0 saturated heterocycles. The Hall–Kier alpha value is -3.83. The Morgan fingerprint density at radius 2 is 1.71 bits per heavy atom. The summed E-state index contributed by atoms with van der Waals surface area (Å²) in [6.07, 6.45) is 0.743. The van der Waals surface area contributed by atoms with Crippen LogP contribution in [-0.4, -0.2) is 21.6 Å². The van der Waals surface area contributed by atoms with Crippen molar-refractivity contribution in [3.05, 3.63) is 113 Å². The summed E-state index contributed by atoms with van der Waals surface area (Å²) in [4.78, 5) is 9.05. The highest BCUT2D eigenvalue weighted by molar-refractivity contribution is 6.30. The minimum Gasteiger partial charge on any atom is -0.513 e. The van der Waals surface area contributed by atoms with Gasteiger partial charge in [0.05, 0.1) is 5.76 Å². The molecule has 0 aliphatic carbocycles. The summed E-state index contributed by atoms with van der Waals surface area (Å²) >= 11 is 6.39. The van der Waals surface area contributed by atoms with Crippen LogP contribution in [0.5, 0.6) is 0 Å². The lowest BCUT2D eigenvalue weighted by atomic mass is 10.1. The van der Waals surface area contributed by atoms with Crippen molar-refractivity contribution in [2.24, 2.45) is 0 Å². The van der Waals surface area contributed by atoms with Crippen molar-refractivity contribution >= 4 is 39.6 Å². The lowest BCUT2D eigenvalue weighted by Gasteiger charge is -2.13. The number of aliphatic hydroxyl groups excluding tert-OH is 1. The molecule has 5 nitrogen and oxygen atoms in total. The molecule has 3 aromatic carbocycles. The number of rotatable bonds is 9. The Balaban J connectivity index is 1.47. The second-order valence-electron chi connectivity index (χ2n) is 8.07. The molecule has 0 atom stereocenters. The highest BCUT2D eigenvalue weighted by Crippen LogP contribution is 2.25. The Bertz CT molecular complexity index is 1350. The summed E-state index contributed by atoms with van der Waals surface area (Å²) in [6, 6.07) is 22.7. The number of fused-ring (bicyclic) bond motifs is 1. The van der Waals surface area contributed by atoms with E-state index >= 15 is 0 Å². The van der Waals surface area contributed by atoms with Gasteiger partial charge in [0.25, 0.3) is 0 Å². The van der Waals surface area contributed by atoms with E-state index in [-0.39, 0.29) is 12.2 Å². The van der Waals surface area contributed by atoms with Crippen LogP contribution < -0.4 is 10.6 Å². The number of hydrogen-bond donors (Lipinski definition) is 3. The van der Waals surface area contributed by atoms with Gasteiger partial charge in [0.2, 0.25) is 0 Å². The van der Waals surface area contributed by atoms with Gasteiger partial charge in [0.1, 0.15) is 16.8 Å². The third-order valence-corrected chi connectivity index (χ3v) is 5.75. The van der Waals surface area contributed by atoms with Crippen molar-refractivity contribution < 1.29 is 5.11 Å². The number of hydrogen-bond acceptors (Lipinski definition) is 5. The number of anilines is 2. The van der Waals surface area contributed by atoms with Gasteiger partial charge in [-0.05, 0) is 47.0 Å². The van der Waals surface area contributed by atoms with Gasteiger partial charge in [-0.25, -0.2) is 9.97 Å². The maximum atomic E-state index is 9.59. The van der Waals surface area contributed by atoms with Crippen molar-refractivity contribution in [3.63, 3.8) is 0 Å². The smallest absolute Gasteiger partial charge is 0.138 e. The SMILES string of the molecule is C=C(O)Cc1c(Cl)nc(Cc2ccc(NC(=C)c3ccc4ccccc4c3)cc2)nc1NCC. The average molecular weight is 471 g/mol. The molecule has 0 aliphatic heterocycles. The molecule has 0 fully saturated rings. The number of aliphatic hydroxyl groups is 1. The summed E-state index contributed by atoms with van der Waals surface area (Å²) in [5, 5.41) is 18.9. The average Bonchev–Trinajstić information content (AvgIpc) is 2.82. The molecule has 0 unspecified atom stereocenters. The standard InChI is InChI=1S/C28H27ClN4O/c1-4-30-28-25(15-18(2)34)27(29)32-26(33-28)16-20-9-13-24(14-10-20)31-19(3)22-12-11-21-7-5-6-8-23(21)17-22/h5-14,17,31,34H,2-4,15-16H2,1H3,(H,30,32,33). The van der Waals surface area contributed by atoms with E-state index in [1.807, 2.05) is 43.3 Å². The van der Waals surface area contributed by atoms with E-state index in [0.717, 1.165) is 22.5 Å². The first-order chi connectivity index (χ1) is 16.4. The number of benzene rings is 3. The molecule has 0 aliphatic rings. The lowest BCUT2D eigenvalue weighted by Crippen LogP contribution is -2.09. The van der Waals surface area contributed by atoms with Gasteiger partial charge in [0.15, 0.2) is 0 Å². The first-order valence-corrected chi connectivity index (χ1v) is 11.5. The van der Waals surface area contributed by atoms with Crippen molar-refractivity contribution in [1.82, 2.24) is 9.97 Å². The zero-order valence-corrected chi connectivity index (χ0v) is 19.9. The van der Waals surface area contributed by atoms with Crippen LogP contribution in [0.3, 0.4) is 0 Å². The maximum Gasteiger partial charge on any atom is 0.138 e. The van der Waals surface area contributed by atoms with Gasteiger partial charge < -0.3 is 15.7 Å². The summed E-state index contributed by atoms with van der Waals surface area (Å²) in [5.74, 6) is 1.25. The number of halogens is 1. The van der Waals surface area contributed by atoms with E-state index in [1.54, 1.807) is 0 Å². The Morgan fingerprint density at radius 3 is 2.41 bits per heavy atom. The third kappa shape index (κ3) is 5.56. The van der Waals surface area contributed by atoms with Gasteiger partial charge >= 0.3 is 0 Å². The summed E-state index contributed by atoms with van der Waals surface area (Å²) in [6.45, 7) is 10.4. The van der Waals surface area contributed by atoms with Gasteiger partial charge in [-0.15, -0.1) is 0 Å². The highest BCUT2D eigenvalue weighted by Gasteiger charge is 2.14. The van der Waals surface area contributed by atoms with Crippen LogP contribution >= 0.6 is 11.6 Å². The summed E-state index contributed by atoms with van der Waals surface area (Å²) in [5.41, 5.74) is 4.54. The number of nitrogens with zero attached hydrogens (tertiary/aromatic N) is 2. The second kappa shape index (κ2) is 10.4. The fraction of sp³-hybridized carbons (Fsp3) is 0.143. The molecule has 4 aromatic rings. The number of allylic oxidation sites excluding steroid dienone is 1. The van der Waals surface area contributed by atoms with Gasteiger partial charge in [0, 0.05) is 36.3 Å². The molecule has 1 aromatic heterocycles.